The number of benzene rings is 1. The van der Waals surface area contributed by atoms with Gasteiger partial charge in [0.1, 0.15) is 5.75 Å². The summed E-state index contributed by atoms with van der Waals surface area (Å²) in [4.78, 5) is 27.8. The molecular weight excluding hydrogens is 316 g/mol. The van der Waals surface area contributed by atoms with Gasteiger partial charge in [-0.15, -0.1) is 0 Å². The van der Waals surface area contributed by atoms with E-state index in [1.54, 1.807) is 23.6 Å². The van der Waals surface area contributed by atoms with E-state index in [1.807, 2.05) is 18.2 Å². The second-order valence-corrected chi connectivity index (χ2v) is 7.72. The summed E-state index contributed by atoms with van der Waals surface area (Å²) in [7, 11) is 0. The van der Waals surface area contributed by atoms with Gasteiger partial charge < -0.3 is 14.5 Å². The predicted octanol–water partition coefficient (Wildman–Crippen LogP) is 2.83. The van der Waals surface area contributed by atoms with Crippen LogP contribution in [-0.2, 0) is 15.0 Å². The van der Waals surface area contributed by atoms with Gasteiger partial charge in [-0.1, -0.05) is 32.9 Å². The van der Waals surface area contributed by atoms with Crippen LogP contribution in [0.5, 0.6) is 5.75 Å². The molecule has 1 saturated heterocycles. The van der Waals surface area contributed by atoms with Crippen LogP contribution in [-0.4, -0.2) is 53.9 Å². The lowest BCUT2D eigenvalue weighted by Crippen LogP contribution is -2.42. The van der Waals surface area contributed by atoms with Gasteiger partial charge >= 0.3 is 0 Å². The van der Waals surface area contributed by atoms with E-state index >= 15 is 0 Å². The minimum absolute atomic E-state index is 0.0217. The van der Waals surface area contributed by atoms with Crippen molar-refractivity contribution >= 4 is 11.8 Å². The van der Waals surface area contributed by atoms with Gasteiger partial charge in [0.05, 0.1) is 0 Å². The first-order chi connectivity index (χ1) is 11.7. The van der Waals surface area contributed by atoms with Crippen molar-refractivity contribution in [3.8, 4) is 5.75 Å². The molecule has 0 N–H and O–H groups in total. The van der Waals surface area contributed by atoms with Crippen LogP contribution < -0.4 is 4.74 Å². The van der Waals surface area contributed by atoms with Crippen molar-refractivity contribution in [3.63, 3.8) is 0 Å². The Morgan fingerprint density at radius 1 is 1.08 bits per heavy atom. The standard InChI is InChI=1S/C20H30N2O3/c1-15(25-18-9-6-8-17(14-18)20(3,4)5)19(24)22-11-7-10-21(12-13-22)16(2)23/h6,8-9,14-15H,7,10-13H2,1-5H3. The van der Waals surface area contributed by atoms with Crippen molar-refractivity contribution < 1.29 is 14.3 Å². The van der Waals surface area contributed by atoms with E-state index in [9.17, 15) is 9.59 Å². The smallest absolute Gasteiger partial charge is 0.263 e. The molecule has 0 spiro atoms. The molecule has 1 unspecified atom stereocenters. The number of carbonyl (C=O) groups is 2. The summed E-state index contributed by atoms with van der Waals surface area (Å²) in [5.74, 6) is 0.762. The Kier molecular flexibility index (Phi) is 6.09. The molecule has 1 atom stereocenters. The topological polar surface area (TPSA) is 49.9 Å². The van der Waals surface area contributed by atoms with Gasteiger partial charge in [0.15, 0.2) is 6.10 Å². The summed E-state index contributed by atoms with van der Waals surface area (Å²) in [6.07, 6.45) is 0.261. The predicted molar refractivity (Wildman–Crippen MR) is 98.7 cm³/mol. The molecule has 5 heteroatoms. The van der Waals surface area contributed by atoms with Crippen LogP contribution in [0.25, 0.3) is 0 Å². The fourth-order valence-corrected chi connectivity index (χ4v) is 3.00. The van der Waals surface area contributed by atoms with Crippen molar-refractivity contribution in [2.45, 2.75) is 52.6 Å². The minimum atomic E-state index is -0.543. The van der Waals surface area contributed by atoms with Crippen molar-refractivity contribution in [1.82, 2.24) is 9.80 Å². The van der Waals surface area contributed by atoms with E-state index in [0.29, 0.717) is 31.9 Å². The van der Waals surface area contributed by atoms with Crippen LogP contribution in [0.4, 0.5) is 0 Å². The molecule has 1 aliphatic heterocycles. The molecular formula is C20H30N2O3. The number of hydrogen-bond donors (Lipinski definition) is 0. The maximum absolute atomic E-state index is 12.7. The molecule has 0 saturated carbocycles. The lowest BCUT2D eigenvalue weighted by atomic mass is 9.87. The molecule has 138 valence electrons. The third kappa shape index (κ3) is 5.21. The minimum Gasteiger partial charge on any atom is -0.481 e. The average molecular weight is 346 g/mol. The molecule has 0 radical (unpaired) electrons. The normalized spacial score (nSPS) is 17.0. The molecule has 1 aromatic carbocycles. The molecule has 2 amide bonds. The zero-order chi connectivity index (χ0) is 18.6. The largest absolute Gasteiger partial charge is 0.481 e. The van der Waals surface area contributed by atoms with Crippen LogP contribution >= 0.6 is 0 Å². The molecule has 5 nitrogen and oxygen atoms in total. The molecule has 1 heterocycles. The molecule has 1 aromatic rings. The van der Waals surface area contributed by atoms with E-state index in [2.05, 4.69) is 26.8 Å². The number of hydrogen-bond acceptors (Lipinski definition) is 3. The second-order valence-electron chi connectivity index (χ2n) is 7.72. The number of amides is 2. The van der Waals surface area contributed by atoms with E-state index in [0.717, 1.165) is 6.42 Å². The Morgan fingerprint density at radius 3 is 2.36 bits per heavy atom. The van der Waals surface area contributed by atoms with Gasteiger partial charge in [-0.05, 0) is 36.5 Å². The highest BCUT2D eigenvalue weighted by atomic mass is 16.5. The molecule has 0 bridgehead atoms. The Bertz CT molecular complexity index is 622. The first-order valence-corrected chi connectivity index (χ1v) is 9.00. The van der Waals surface area contributed by atoms with E-state index < -0.39 is 6.10 Å². The zero-order valence-electron chi connectivity index (χ0n) is 16.0. The fourth-order valence-electron chi connectivity index (χ4n) is 3.00. The summed E-state index contributed by atoms with van der Waals surface area (Å²) < 4.78 is 5.91. The quantitative estimate of drug-likeness (QED) is 0.846. The van der Waals surface area contributed by atoms with Gasteiger partial charge in [0, 0.05) is 33.1 Å². The second kappa shape index (κ2) is 7.89. The lowest BCUT2D eigenvalue weighted by molar-refractivity contribution is -0.138. The summed E-state index contributed by atoms with van der Waals surface area (Å²) in [6.45, 7) is 12.4. The van der Waals surface area contributed by atoms with Crippen molar-refractivity contribution in [2.24, 2.45) is 0 Å². The lowest BCUT2D eigenvalue weighted by Gasteiger charge is -2.25. The maximum atomic E-state index is 12.7. The fraction of sp³-hybridized carbons (Fsp3) is 0.600. The molecule has 25 heavy (non-hydrogen) atoms. The molecule has 2 rings (SSSR count). The van der Waals surface area contributed by atoms with Gasteiger partial charge in [0.25, 0.3) is 5.91 Å². The van der Waals surface area contributed by atoms with Crippen molar-refractivity contribution in [1.29, 1.82) is 0 Å². The van der Waals surface area contributed by atoms with Crippen LogP contribution in [0.1, 0.15) is 46.6 Å². The average Bonchev–Trinajstić information content (AvgIpc) is 2.79. The Morgan fingerprint density at radius 2 is 1.72 bits per heavy atom. The Labute approximate surface area is 150 Å². The van der Waals surface area contributed by atoms with Gasteiger partial charge in [-0.25, -0.2) is 0 Å². The molecule has 1 fully saturated rings. The van der Waals surface area contributed by atoms with Crippen LogP contribution in [0, 0.1) is 0 Å². The monoisotopic (exact) mass is 346 g/mol. The first kappa shape index (κ1) is 19.3. The molecule has 0 aromatic heterocycles. The summed E-state index contributed by atoms with van der Waals surface area (Å²) in [6, 6.07) is 7.93. The number of nitrogens with zero attached hydrogens (tertiary/aromatic N) is 2. The molecule has 1 aliphatic rings. The Balaban J connectivity index is 1.99. The van der Waals surface area contributed by atoms with Crippen molar-refractivity contribution in [2.75, 3.05) is 26.2 Å². The van der Waals surface area contributed by atoms with Gasteiger partial charge in [-0.3, -0.25) is 9.59 Å². The summed E-state index contributed by atoms with van der Waals surface area (Å²) in [5.41, 5.74) is 1.21. The summed E-state index contributed by atoms with van der Waals surface area (Å²) >= 11 is 0. The third-order valence-electron chi connectivity index (χ3n) is 4.61. The highest BCUT2D eigenvalue weighted by Gasteiger charge is 2.25. The highest BCUT2D eigenvalue weighted by Crippen LogP contribution is 2.26. The van der Waals surface area contributed by atoms with E-state index in [-0.39, 0.29) is 17.2 Å². The first-order valence-electron chi connectivity index (χ1n) is 9.00. The maximum Gasteiger partial charge on any atom is 0.263 e. The highest BCUT2D eigenvalue weighted by molar-refractivity contribution is 5.81. The zero-order valence-corrected chi connectivity index (χ0v) is 16.0. The van der Waals surface area contributed by atoms with Crippen LogP contribution in [0.2, 0.25) is 0 Å². The van der Waals surface area contributed by atoms with E-state index in [4.69, 9.17) is 4.74 Å². The van der Waals surface area contributed by atoms with Gasteiger partial charge in [-0.2, -0.15) is 0 Å². The van der Waals surface area contributed by atoms with Crippen LogP contribution in [0.3, 0.4) is 0 Å². The van der Waals surface area contributed by atoms with Crippen molar-refractivity contribution in [3.05, 3.63) is 29.8 Å². The number of rotatable bonds is 3. The third-order valence-corrected chi connectivity index (χ3v) is 4.61. The van der Waals surface area contributed by atoms with Gasteiger partial charge in [0.2, 0.25) is 5.91 Å². The number of carbonyl (C=O) groups excluding carboxylic acids is 2. The van der Waals surface area contributed by atoms with E-state index in [1.165, 1.54) is 5.56 Å². The summed E-state index contributed by atoms with van der Waals surface area (Å²) in [5, 5.41) is 0. The SMILES string of the molecule is CC(=O)N1CCCN(C(=O)C(C)Oc2cccc(C(C)(C)C)c2)CC1. The molecule has 0 aliphatic carbocycles. The van der Waals surface area contributed by atoms with Crippen LogP contribution in [0.15, 0.2) is 24.3 Å². The number of ether oxygens (including phenoxy) is 1. The Hall–Kier alpha value is -2.04.